The Morgan fingerprint density at radius 3 is 1.91 bits per heavy atom. The summed E-state index contributed by atoms with van der Waals surface area (Å²) in [5.74, 6) is 0. The summed E-state index contributed by atoms with van der Waals surface area (Å²) in [6, 6.07) is 7.14. The summed E-state index contributed by atoms with van der Waals surface area (Å²) >= 11 is 0. The van der Waals surface area contributed by atoms with Crippen molar-refractivity contribution in [1.29, 1.82) is 15.8 Å². The lowest BCUT2D eigenvalue weighted by atomic mass is 9.70. The van der Waals surface area contributed by atoms with Crippen molar-refractivity contribution in [3.05, 3.63) is 44.7 Å². The standard InChI is InChI=1S/C31H44N4/c1-22(2)25-16-31(6,7)18-29(28(25)21-34)35-14-12-10-8-9-11-13-24-15-30(4,5)17-26(23(3)19-32)27(24)20-33/h35H,8-18H2,1-7H3/b26-23-. The summed E-state index contributed by atoms with van der Waals surface area (Å²) in [5.41, 5.74) is 8.38. The molecule has 0 fully saturated rings. The van der Waals surface area contributed by atoms with E-state index >= 15 is 0 Å². The Kier molecular flexibility index (Phi) is 9.98. The number of nitrogens with zero attached hydrogens (tertiary/aromatic N) is 3. The summed E-state index contributed by atoms with van der Waals surface area (Å²) < 4.78 is 0. The molecule has 4 heteroatoms. The number of nitriles is 3. The Morgan fingerprint density at radius 2 is 1.31 bits per heavy atom. The van der Waals surface area contributed by atoms with E-state index in [9.17, 15) is 15.8 Å². The maximum atomic E-state index is 9.78. The molecule has 0 spiro atoms. The summed E-state index contributed by atoms with van der Waals surface area (Å²) in [5, 5.41) is 32.5. The molecule has 0 unspecified atom stereocenters. The van der Waals surface area contributed by atoms with Crippen LogP contribution in [0.4, 0.5) is 0 Å². The minimum Gasteiger partial charge on any atom is -0.387 e. The van der Waals surface area contributed by atoms with E-state index in [0.717, 1.165) is 86.7 Å². The zero-order chi connectivity index (χ0) is 26.2. The number of unbranched alkanes of at least 4 members (excludes halogenated alkanes) is 4. The van der Waals surface area contributed by atoms with Gasteiger partial charge >= 0.3 is 0 Å². The van der Waals surface area contributed by atoms with Crippen molar-refractivity contribution in [2.45, 2.75) is 113 Å². The van der Waals surface area contributed by atoms with Crippen molar-refractivity contribution in [2.24, 2.45) is 10.8 Å². The van der Waals surface area contributed by atoms with E-state index < -0.39 is 0 Å². The first kappa shape index (κ1) is 28.5. The predicted octanol–water partition coefficient (Wildman–Crippen LogP) is 8.33. The fourth-order valence-corrected chi connectivity index (χ4v) is 5.58. The lowest BCUT2D eigenvalue weighted by Gasteiger charge is -2.34. The van der Waals surface area contributed by atoms with Gasteiger partial charge in [-0.1, -0.05) is 58.1 Å². The highest BCUT2D eigenvalue weighted by atomic mass is 14.9. The molecule has 0 aromatic rings. The molecule has 0 aromatic carbocycles. The van der Waals surface area contributed by atoms with E-state index in [1.807, 2.05) is 6.92 Å². The lowest BCUT2D eigenvalue weighted by molar-refractivity contribution is 0.337. The third-order valence-corrected chi connectivity index (χ3v) is 7.36. The van der Waals surface area contributed by atoms with Crippen LogP contribution < -0.4 is 5.32 Å². The first-order valence-electron chi connectivity index (χ1n) is 13.2. The number of nitrogens with one attached hydrogen (secondary N) is 1. The molecule has 0 amide bonds. The summed E-state index contributed by atoms with van der Waals surface area (Å²) in [4.78, 5) is 0. The van der Waals surface area contributed by atoms with Crippen LogP contribution in [0.2, 0.25) is 0 Å². The molecular weight excluding hydrogens is 428 g/mol. The van der Waals surface area contributed by atoms with Gasteiger partial charge < -0.3 is 5.32 Å². The highest BCUT2D eigenvalue weighted by molar-refractivity contribution is 5.53. The van der Waals surface area contributed by atoms with Crippen LogP contribution in [0.15, 0.2) is 44.7 Å². The zero-order valence-electron chi connectivity index (χ0n) is 23.1. The Bertz CT molecular complexity index is 1050. The summed E-state index contributed by atoms with van der Waals surface area (Å²) in [7, 11) is 0. The second kappa shape index (κ2) is 12.3. The molecule has 0 aliphatic heterocycles. The molecule has 1 N–H and O–H groups in total. The third-order valence-electron chi connectivity index (χ3n) is 7.36. The van der Waals surface area contributed by atoms with Crippen LogP contribution in [-0.2, 0) is 0 Å². The Morgan fingerprint density at radius 1 is 0.743 bits per heavy atom. The van der Waals surface area contributed by atoms with E-state index in [1.54, 1.807) is 0 Å². The van der Waals surface area contributed by atoms with Crippen molar-refractivity contribution in [2.75, 3.05) is 6.54 Å². The van der Waals surface area contributed by atoms with E-state index in [1.165, 1.54) is 23.1 Å². The maximum absolute atomic E-state index is 9.78. The average Bonchev–Trinajstić information content (AvgIpc) is 2.78. The van der Waals surface area contributed by atoms with Crippen molar-refractivity contribution >= 4 is 0 Å². The Labute approximate surface area is 214 Å². The SMILES string of the molecule is CC(C)=C1CC(C)(C)CC(NCCCCCCCC2=C(C#N)/C(=C(/C)C#N)CC(C)(C)C2)=C1C#N. The molecule has 0 heterocycles. The summed E-state index contributed by atoms with van der Waals surface area (Å²) in [6.45, 7) is 16.0. The minimum absolute atomic E-state index is 0.102. The predicted molar refractivity (Wildman–Crippen MR) is 144 cm³/mol. The van der Waals surface area contributed by atoms with Crippen LogP contribution in [0.3, 0.4) is 0 Å². The van der Waals surface area contributed by atoms with Crippen molar-refractivity contribution in [1.82, 2.24) is 5.32 Å². The average molecular weight is 473 g/mol. The zero-order valence-corrected chi connectivity index (χ0v) is 23.1. The number of hydrogen-bond acceptors (Lipinski definition) is 4. The second-order valence-electron chi connectivity index (χ2n) is 12.2. The van der Waals surface area contributed by atoms with E-state index in [4.69, 9.17) is 0 Å². The molecule has 2 rings (SSSR count). The van der Waals surface area contributed by atoms with E-state index in [0.29, 0.717) is 5.57 Å². The smallest absolute Gasteiger partial charge is 0.101 e. The van der Waals surface area contributed by atoms with E-state index in [2.05, 4.69) is 65.1 Å². The number of hydrogen-bond donors (Lipinski definition) is 1. The number of allylic oxidation sites excluding steroid dienone is 8. The van der Waals surface area contributed by atoms with Gasteiger partial charge in [-0.05, 0) is 87.7 Å². The molecular formula is C31H44N4. The maximum Gasteiger partial charge on any atom is 0.101 e. The highest BCUT2D eigenvalue weighted by Crippen LogP contribution is 2.44. The lowest BCUT2D eigenvalue weighted by Crippen LogP contribution is -2.28. The van der Waals surface area contributed by atoms with Gasteiger partial charge in [0.05, 0.1) is 23.3 Å². The second-order valence-corrected chi connectivity index (χ2v) is 12.2. The van der Waals surface area contributed by atoms with Crippen LogP contribution in [0, 0.1) is 44.8 Å². The first-order chi connectivity index (χ1) is 16.4. The molecule has 0 bridgehead atoms. The topological polar surface area (TPSA) is 83.4 Å². The van der Waals surface area contributed by atoms with Crippen LogP contribution >= 0.6 is 0 Å². The molecule has 0 saturated carbocycles. The summed E-state index contributed by atoms with van der Waals surface area (Å²) in [6.07, 6.45) is 10.3. The molecule has 35 heavy (non-hydrogen) atoms. The van der Waals surface area contributed by atoms with Gasteiger partial charge in [-0.3, -0.25) is 0 Å². The minimum atomic E-state index is 0.102. The molecule has 2 aliphatic rings. The van der Waals surface area contributed by atoms with Crippen LogP contribution in [0.1, 0.15) is 113 Å². The Balaban J connectivity index is 1.85. The fourth-order valence-electron chi connectivity index (χ4n) is 5.58. The van der Waals surface area contributed by atoms with Crippen LogP contribution in [-0.4, -0.2) is 6.54 Å². The highest BCUT2D eigenvalue weighted by Gasteiger charge is 2.32. The van der Waals surface area contributed by atoms with Crippen molar-refractivity contribution in [3.8, 4) is 18.2 Å². The molecule has 4 nitrogen and oxygen atoms in total. The molecule has 0 radical (unpaired) electrons. The van der Waals surface area contributed by atoms with Gasteiger partial charge in [0.1, 0.15) is 6.07 Å². The molecule has 0 aromatic heterocycles. The third kappa shape index (κ3) is 7.87. The molecule has 188 valence electrons. The number of rotatable bonds is 9. The van der Waals surface area contributed by atoms with E-state index in [-0.39, 0.29) is 10.8 Å². The van der Waals surface area contributed by atoms with Gasteiger partial charge in [-0.25, -0.2) is 0 Å². The van der Waals surface area contributed by atoms with Crippen molar-refractivity contribution in [3.63, 3.8) is 0 Å². The van der Waals surface area contributed by atoms with Gasteiger partial charge in [-0.15, -0.1) is 0 Å². The molecule has 2 aliphatic carbocycles. The van der Waals surface area contributed by atoms with Gasteiger partial charge in [0.25, 0.3) is 0 Å². The van der Waals surface area contributed by atoms with Crippen LogP contribution in [0.5, 0.6) is 0 Å². The fraction of sp³-hybridized carbons (Fsp3) is 0.645. The monoisotopic (exact) mass is 472 g/mol. The first-order valence-corrected chi connectivity index (χ1v) is 13.2. The molecule has 0 saturated heterocycles. The van der Waals surface area contributed by atoms with Crippen molar-refractivity contribution < 1.29 is 0 Å². The Hall–Kier alpha value is -2.77. The normalized spacial score (nSPS) is 20.6. The quantitative estimate of drug-likeness (QED) is 0.270. The van der Waals surface area contributed by atoms with Crippen LogP contribution in [0.25, 0.3) is 0 Å². The van der Waals surface area contributed by atoms with Gasteiger partial charge in [0, 0.05) is 17.8 Å². The largest absolute Gasteiger partial charge is 0.387 e. The van der Waals surface area contributed by atoms with Gasteiger partial charge in [-0.2, -0.15) is 15.8 Å². The van der Waals surface area contributed by atoms with Gasteiger partial charge in [0.2, 0.25) is 0 Å². The molecule has 0 atom stereocenters. The van der Waals surface area contributed by atoms with Gasteiger partial charge in [0.15, 0.2) is 0 Å².